The van der Waals surface area contributed by atoms with Crippen LogP contribution in [-0.2, 0) is 11.3 Å². The summed E-state index contributed by atoms with van der Waals surface area (Å²) in [5.41, 5.74) is 1.11. The van der Waals surface area contributed by atoms with E-state index in [-0.39, 0.29) is 18.4 Å². The van der Waals surface area contributed by atoms with E-state index in [9.17, 15) is 4.79 Å². The molecule has 1 atom stereocenters. The second kappa shape index (κ2) is 8.14. The Labute approximate surface area is 107 Å². The van der Waals surface area contributed by atoms with Gasteiger partial charge in [0, 0.05) is 13.2 Å². The van der Waals surface area contributed by atoms with Crippen LogP contribution in [0.25, 0.3) is 0 Å². The Morgan fingerprint density at radius 1 is 1.41 bits per heavy atom. The number of carbonyl (C=O) groups is 1. The van der Waals surface area contributed by atoms with Gasteiger partial charge in [-0.3, -0.25) is 4.79 Å². The van der Waals surface area contributed by atoms with Crippen molar-refractivity contribution in [2.75, 3.05) is 18.1 Å². The molecular formula is C13H19NO2S. The van der Waals surface area contributed by atoms with Crippen LogP contribution in [0.15, 0.2) is 30.3 Å². The molecule has 0 spiro atoms. The number of aliphatic hydroxyl groups is 1. The Hall–Kier alpha value is -1.00. The molecule has 17 heavy (non-hydrogen) atoms. The van der Waals surface area contributed by atoms with Gasteiger partial charge >= 0.3 is 0 Å². The minimum absolute atomic E-state index is 0.0454. The van der Waals surface area contributed by atoms with Crippen LogP contribution in [0.3, 0.4) is 0 Å². The number of carbonyl (C=O) groups excluding carboxylic acids is 1. The lowest BCUT2D eigenvalue weighted by Gasteiger charge is -2.07. The highest BCUT2D eigenvalue weighted by Gasteiger charge is 2.04. The van der Waals surface area contributed by atoms with Crippen LogP contribution in [0.2, 0.25) is 0 Å². The SMILES string of the molecule is CC(CO)CSCC(=O)NCc1ccccc1. The summed E-state index contributed by atoms with van der Waals surface area (Å²) in [7, 11) is 0. The van der Waals surface area contributed by atoms with Crippen molar-refractivity contribution in [1.82, 2.24) is 5.32 Å². The monoisotopic (exact) mass is 253 g/mol. The Morgan fingerprint density at radius 3 is 2.76 bits per heavy atom. The van der Waals surface area contributed by atoms with Crippen LogP contribution < -0.4 is 5.32 Å². The zero-order chi connectivity index (χ0) is 12.5. The smallest absolute Gasteiger partial charge is 0.230 e. The first-order valence-electron chi connectivity index (χ1n) is 5.71. The van der Waals surface area contributed by atoms with E-state index >= 15 is 0 Å². The third-order valence-corrected chi connectivity index (χ3v) is 3.55. The third-order valence-electron chi connectivity index (χ3n) is 2.28. The lowest BCUT2D eigenvalue weighted by Crippen LogP contribution is -2.25. The van der Waals surface area contributed by atoms with E-state index in [1.807, 2.05) is 37.3 Å². The van der Waals surface area contributed by atoms with Gasteiger partial charge in [-0.05, 0) is 17.2 Å². The number of rotatable bonds is 7. The van der Waals surface area contributed by atoms with Crippen molar-refractivity contribution in [2.45, 2.75) is 13.5 Å². The molecule has 1 rings (SSSR count). The van der Waals surface area contributed by atoms with Gasteiger partial charge in [-0.2, -0.15) is 11.8 Å². The minimum atomic E-state index is 0.0454. The van der Waals surface area contributed by atoms with Gasteiger partial charge in [0.1, 0.15) is 0 Å². The molecule has 0 saturated carbocycles. The molecule has 0 heterocycles. The van der Waals surface area contributed by atoms with Crippen LogP contribution >= 0.6 is 11.8 Å². The predicted octanol–water partition coefficient (Wildman–Crippen LogP) is 1.66. The standard InChI is InChI=1S/C13H19NO2S/c1-11(8-15)9-17-10-13(16)14-7-12-5-3-2-4-6-12/h2-6,11,15H,7-10H2,1H3,(H,14,16). The summed E-state index contributed by atoms with van der Waals surface area (Å²) < 4.78 is 0. The molecule has 0 fully saturated rings. The molecule has 0 aliphatic rings. The van der Waals surface area contributed by atoms with Gasteiger partial charge in [0.25, 0.3) is 0 Å². The lowest BCUT2D eigenvalue weighted by atomic mass is 10.2. The van der Waals surface area contributed by atoms with E-state index in [1.54, 1.807) is 11.8 Å². The van der Waals surface area contributed by atoms with Gasteiger partial charge in [-0.25, -0.2) is 0 Å². The summed E-state index contributed by atoms with van der Waals surface area (Å²) in [5.74, 6) is 1.57. The highest BCUT2D eigenvalue weighted by Crippen LogP contribution is 2.07. The van der Waals surface area contributed by atoms with Crippen LogP contribution in [0.5, 0.6) is 0 Å². The third kappa shape index (κ3) is 6.34. The van der Waals surface area contributed by atoms with E-state index in [2.05, 4.69) is 5.32 Å². The fourth-order valence-electron chi connectivity index (χ4n) is 1.25. The van der Waals surface area contributed by atoms with Crippen molar-refractivity contribution >= 4 is 17.7 Å². The molecule has 0 aliphatic heterocycles. The van der Waals surface area contributed by atoms with Crippen LogP contribution in [-0.4, -0.2) is 29.1 Å². The van der Waals surface area contributed by atoms with Gasteiger partial charge in [-0.1, -0.05) is 37.3 Å². The number of aliphatic hydroxyl groups excluding tert-OH is 1. The Bertz CT molecular complexity index is 329. The molecule has 1 aromatic rings. The zero-order valence-electron chi connectivity index (χ0n) is 10.1. The van der Waals surface area contributed by atoms with Gasteiger partial charge in [-0.15, -0.1) is 0 Å². The molecule has 0 radical (unpaired) electrons. The number of nitrogens with one attached hydrogen (secondary N) is 1. The van der Waals surface area contributed by atoms with E-state index in [0.717, 1.165) is 11.3 Å². The molecule has 1 amide bonds. The van der Waals surface area contributed by atoms with Crippen molar-refractivity contribution in [3.63, 3.8) is 0 Å². The molecule has 0 aromatic heterocycles. The molecule has 0 aliphatic carbocycles. The molecule has 3 nitrogen and oxygen atoms in total. The number of benzene rings is 1. The highest BCUT2D eigenvalue weighted by atomic mass is 32.2. The fourth-order valence-corrected chi connectivity index (χ4v) is 2.17. The minimum Gasteiger partial charge on any atom is -0.396 e. The second-order valence-corrected chi connectivity index (χ2v) is 5.10. The first kappa shape index (κ1) is 14.1. The molecule has 1 unspecified atom stereocenters. The van der Waals surface area contributed by atoms with Gasteiger partial charge in [0.2, 0.25) is 5.91 Å². The summed E-state index contributed by atoms with van der Waals surface area (Å²) in [6.07, 6.45) is 0. The van der Waals surface area contributed by atoms with Crippen molar-refractivity contribution in [1.29, 1.82) is 0 Å². The summed E-state index contributed by atoms with van der Waals surface area (Å²) in [6.45, 7) is 2.73. The van der Waals surface area contributed by atoms with E-state index in [4.69, 9.17) is 5.11 Å². The van der Waals surface area contributed by atoms with Gasteiger partial charge < -0.3 is 10.4 Å². The predicted molar refractivity (Wildman–Crippen MR) is 71.9 cm³/mol. The number of amides is 1. The van der Waals surface area contributed by atoms with Crippen LogP contribution in [0.1, 0.15) is 12.5 Å². The maximum absolute atomic E-state index is 11.5. The molecular weight excluding hydrogens is 234 g/mol. The molecule has 94 valence electrons. The second-order valence-electron chi connectivity index (χ2n) is 4.07. The normalized spacial score (nSPS) is 12.1. The van der Waals surface area contributed by atoms with Crippen molar-refractivity contribution in [3.8, 4) is 0 Å². The van der Waals surface area contributed by atoms with Crippen molar-refractivity contribution in [3.05, 3.63) is 35.9 Å². The first-order chi connectivity index (χ1) is 8.22. The first-order valence-corrected chi connectivity index (χ1v) is 6.87. The maximum atomic E-state index is 11.5. The Morgan fingerprint density at radius 2 is 2.12 bits per heavy atom. The Kier molecular flexibility index (Phi) is 6.74. The van der Waals surface area contributed by atoms with E-state index < -0.39 is 0 Å². The average Bonchev–Trinajstić information content (AvgIpc) is 2.37. The van der Waals surface area contributed by atoms with Crippen molar-refractivity contribution < 1.29 is 9.90 Å². The summed E-state index contributed by atoms with van der Waals surface area (Å²) >= 11 is 1.56. The van der Waals surface area contributed by atoms with Gasteiger partial charge in [0.05, 0.1) is 5.75 Å². The average molecular weight is 253 g/mol. The van der Waals surface area contributed by atoms with Gasteiger partial charge in [0.15, 0.2) is 0 Å². The van der Waals surface area contributed by atoms with Crippen LogP contribution in [0, 0.1) is 5.92 Å². The summed E-state index contributed by atoms with van der Waals surface area (Å²) in [4.78, 5) is 11.5. The topological polar surface area (TPSA) is 49.3 Å². The molecule has 1 aromatic carbocycles. The molecule has 0 saturated heterocycles. The highest BCUT2D eigenvalue weighted by molar-refractivity contribution is 7.99. The molecule has 0 bridgehead atoms. The zero-order valence-corrected chi connectivity index (χ0v) is 10.9. The molecule has 4 heteroatoms. The quantitative estimate of drug-likeness (QED) is 0.777. The van der Waals surface area contributed by atoms with E-state index in [0.29, 0.717) is 12.3 Å². The Balaban J connectivity index is 2.13. The van der Waals surface area contributed by atoms with E-state index in [1.165, 1.54) is 0 Å². The number of thioether (sulfide) groups is 1. The van der Waals surface area contributed by atoms with Crippen LogP contribution in [0.4, 0.5) is 0 Å². The maximum Gasteiger partial charge on any atom is 0.230 e. The lowest BCUT2D eigenvalue weighted by molar-refractivity contribution is -0.118. The van der Waals surface area contributed by atoms with Crippen molar-refractivity contribution in [2.24, 2.45) is 5.92 Å². The number of hydrogen-bond acceptors (Lipinski definition) is 3. The largest absolute Gasteiger partial charge is 0.396 e. The summed E-state index contributed by atoms with van der Waals surface area (Å²) in [6, 6.07) is 9.85. The fraction of sp³-hybridized carbons (Fsp3) is 0.462. The number of hydrogen-bond donors (Lipinski definition) is 2. The summed E-state index contributed by atoms with van der Waals surface area (Å²) in [5, 5.41) is 11.7. The molecule has 2 N–H and O–H groups in total.